The van der Waals surface area contributed by atoms with Gasteiger partial charge in [-0.2, -0.15) is 0 Å². The fraction of sp³-hybridized carbons (Fsp3) is 0.235. The molecule has 6 heteroatoms. The normalized spacial score (nSPS) is 11.6. The number of nitro benzene ring substituents is 1. The van der Waals surface area contributed by atoms with E-state index in [2.05, 4.69) is 5.32 Å². The first-order chi connectivity index (χ1) is 11.0. The first kappa shape index (κ1) is 16.5. The van der Waals surface area contributed by atoms with Crippen LogP contribution < -0.4 is 10.1 Å². The van der Waals surface area contributed by atoms with Gasteiger partial charge in [-0.05, 0) is 31.0 Å². The summed E-state index contributed by atoms with van der Waals surface area (Å²) in [5, 5.41) is 13.4. The number of anilines is 1. The molecular formula is C17H18N2O4. The van der Waals surface area contributed by atoms with E-state index in [-0.39, 0.29) is 11.6 Å². The van der Waals surface area contributed by atoms with Gasteiger partial charge in [0.15, 0.2) is 6.10 Å². The average Bonchev–Trinajstić information content (AvgIpc) is 2.55. The van der Waals surface area contributed by atoms with Crippen LogP contribution in [0.1, 0.15) is 19.4 Å². The van der Waals surface area contributed by atoms with Crippen LogP contribution in [0.2, 0.25) is 0 Å². The van der Waals surface area contributed by atoms with Gasteiger partial charge in [-0.3, -0.25) is 14.9 Å². The second-order valence-electron chi connectivity index (χ2n) is 5.02. The Hall–Kier alpha value is -2.89. The highest BCUT2D eigenvalue weighted by atomic mass is 16.6. The van der Waals surface area contributed by atoms with Crippen molar-refractivity contribution in [2.75, 3.05) is 5.32 Å². The zero-order chi connectivity index (χ0) is 16.8. The number of carbonyl (C=O) groups excluding carboxylic acids is 1. The molecule has 2 aromatic carbocycles. The molecule has 0 radical (unpaired) electrons. The van der Waals surface area contributed by atoms with Crippen LogP contribution in [0, 0.1) is 10.1 Å². The van der Waals surface area contributed by atoms with Crippen LogP contribution in [-0.2, 0) is 11.2 Å². The Balaban J connectivity index is 2.05. The Morgan fingerprint density at radius 1 is 1.26 bits per heavy atom. The molecule has 1 atom stereocenters. The standard InChI is InChI=1S/C17H18N2O4/c1-3-13-7-4-5-10-16(13)23-12(2)17(20)18-14-8-6-9-15(11-14)19(21)22/h4-12H,3H2,1-2H3,(H,18,20). The lowest BCUT2D eigenvalue weighted by Gasteiger charge is -2.16. The van der Waals surface area contributed by atoms with E-state index >= 15 is 0 Å². The molecule has 0 spiro atoms. The van der Waals surface area contributed by atoms with Crippen molar-refractivity contribution in [3.8, 4) is 5.75 Å². The van der Waals surface area contributed by atoms with Gasteiger partial charge in [0.1, 0.15) is 5.75 Å². The van der Waals surface area contributed by atoms with Crippen LogP contribution in [0.15, 0.2) is 48.5 Å². The predicted molar refractivity (Wildman–Crippen MR) is 87.6 cm³/mol. The number of benzene rings is 2. The summed E-state index contributed by atoms with van der Waals surface area (Å²) in [7, 11) is 0. The molecule has 0 aliphatic carbocycles. The first-order valence-electron chi connectivity index (χ1n) is 7.31. The third-order valence-electron chi connectivity index (χ3n) is 3.35. The zero-order valence-electron chi connectivity index (χ0n) is 13.0. The lowest BCUT2D eigenvalue weighted by atomic mass is 10.1. The van der Waals surface area contributed by atoms with Gasteiger partial charge in [-0.15, -0.1) is 0 Å². The second-order valence-corrected chi connectivity index (χ2v) is 5.02. The van der Waals surface area contributed by atoms with Gasteiger partial charge in [-0.25, -0.2) is 0 Å². The number of hydrogen-bond acceptors (Lipinski definition) is 4. The number of non-ortho nitro benzene ring substituents is 1. The molecule has 0 bridgehead atoms. The summed E-state index contributed by atoms with van der Waals surface area (Å²) < 4.78 is 5.70. The van der Waals surface area contributed by atoms with Crippen molar-refractivity contribution in [2.45, 2.75) is 26.4 Å². The van der Waals surface area contributed by atoms with Crippen LogP contribution in [0.4, 0.5) is 11.4 Å². The Kier molecular flexibility index (Phi) is 5.30. The molecule has 0 saturated carbocycles. The molecule has 1 amide bonds. The van der Waals surface area contributed by atoms with Crippen LogP contribution >= 0.6 is 0 Å². The fourth-order valence-corrected chi connectivity index (χ4v) is 2.10. The summed E-state index contributed by atoms with van der Waals surface area (Å²) >= 11 is 0. The minimum absolute atomic E-state index is 0.0762. The summed E-state index contributed by atoms with van der Waals surface area (Å²) in [6.07, 6.45) is 0.0806. The number of amides is 1. The number of ether oxygens (including phenoxy) is 1. The predicted octanol–water partition coefficient (Wildman–Crippen LogP) is 3.56. The highest BCUT2D eigenvalue weighted by molar-refractivity contribution is 5.94. The van der Waals surface area contributed by atoms with Crippen molar-refractivity contribution in [1.29, 1.82) is 0 Å². The average molecular weight is 314 g/mol. The highest BCUT2D eigenvalue weighted by Crippen LogP contribution is 2.21. The van der Waals surface area contributed by atoms with E-state index in [0.717, 1.165) is 12.0 Å². The molecule has 0 fully saturated rings. The Morgan fingerprint density at radius 2 is 2.00 bits per heavy atom. The third kappa shape index (κ3) is 4.29. The van der Waals surface area contributed by atoms with E-state index in [0.29, 0.717) is 11.4 Å². The molecule has 1 unspecified atom stereocenters. The van der Waals surface area contributed by atoms with E-state index in [1.807, 2.05) is 31.2 Å². The Labute approximate surface area is 134 Å². The maximum absolute atomic E-state index is 12.2. The molecule has 0 aliphatic heterocycles. The van der Waals surface area contributed by atoms with Crippen molar-refractivity contribution >= 4 is 17.3 Å². The smallest absolute Gasteiger partial charge is 0.271 e. The van der Waals surface area contributed by atoms with Crippen molar-refractivity contribution in [3.05, 3.63) is 64.2 Å². The van der Waals surface area contributed by atoms with Gasteiger partial charge < -0.3 is 10.1 Å². The molecule has 1 N–H and O–H groups in total. The minimum Gasteiger partial charge on any atom is -0.481 e. The summed E-state index contributed by atoms with van der Waals surface area (Å²) in [4.78, 5) is 22.4. The number of hydrogen-bond donors (Lipinski definition) is 1. The highest BCUT2D eigenvalue weighted by Gasteiger charge is 2.17. The van der Waals surface area contributed by atoms with Crippen LogP contribution in [0.5, 0.6) is 5.75 Å². The monoisotopic (exact) mass is 314 g/mol. The van der Waals surface area contributed by atoms with Gasteiger partial charge in [0.2, 0.25) is 0 Å². The van der Waals surface area contributed by atoms with Crippen LogP contribution in [-0.4, -0.2) is 16.9 Å². The largest absolute Gasteiger partial charge is 0.481 e. The molecule has 2 aromatic rings. The summed E-state index contributed by atoms with van der Waals surface area (Å²) in [6, 6.07) is 13.3. The quantitative estimate of drug-likeness (QED) is 0.653. The number of aryl methyl sites for hydroxylation is 1. The number of para-hydroxylation sites is 1. The van der Waals surface area contributed by atoms with Crippen LogP contribution in [0.3, 0.4) is 0 Å². The zero-order valence-corrected chi connectivity index (χ0v) is 13.0. The molecule has 0 heterocycles. The SMILES string of the molecule is CCc1ccccc1OC(C)C(=O)Nc1cccc([N+](=O)[O-])c1. The molecule has 2 rings (SSSR count). The van der Waals surface area contributed by atoms with Gasteiger partial charge in [0.25, 0.3) is 11.6 Å². The van der Waals surface area contributed by atoms with Crippen LogP contribution in [0.25, 0.3) is 0 Å². The van der Waals surface area contributed by atoms with Crippen molar-refractivity contribution in [1.82, 2.24) is 0 Å². The van der Waals surface area contributed by atoms with E-state index in [1.165, 1.54) is 18.2 Å². The second kappa shape index (κ2) is 7.40. The third-order valence-corrected chi connectivity index (χ3v) is 3.35. The van der Waals surface area contributed by atoms with Crippen molar-refractivity contribution < 1.29 is 14.5 Å². The maximum atomic E-state index is 12.2. The summed E-state index contributed by atoms with van der Waals surface area (Å²) in [6.45, 7) is 3.65. The van der Waals surface area contributed by atoms with Crippen molar-refractivity contribution in [2.24, 2.45) is 0 Å². The maximum Gasteiger partial charge on any atom is 0.271 e. The molecule has 6 nitrogen and oxygen atoms in total. The summed E-state index contributed by atoms with van der Waals surface area (Å²) in [5.74, 6) is 0.299. The lowest BCUT2D eigenvalue weighted by molar-refractivity contribution is -0.384. The molecule has 23 heavy (non-hydrogen) atoms. The van der Waals surface area contributed by atoms with E-state index in [9.17, 15) is 14.9 Å². The Bertz CT molecular complexity index is 715. The molecule has 0 aromatic heterocycles. The van der Waals surface area contributed by atoms with Gasteiger partial charge >= 0.3 is 0 Å². The van der Waals surface area contributed by atoms with Gasteiger partial charge in [0.05, 0.1) is 4.92 Å². The fourth-order valence-electron chi connectivity index (χ4n) is 2.10. The molecule has 0 saturated heterocycles. The molecule has 0 aliphatic rings. The van der Waals surface area contributed by atoms with Crippen molar-refractivity contribution in [3.63, 3.8) is 0 Å². The topological polar surface area (TPSA) is 81.5 Å². The van der Waals surface area contributed by atoms with Gasteiger partial charge in [0, 0.05) is 17.8 Å². The van der Waals surface area contributed by atoms with E-state index in [4.69, 9.17) is 4.74 Å². The lowest BCUT2D eigenvalue weighted by Crippen LogP contribution is -2.30. The number of carbonyl (C=O) groups is 1. The number of nitrogens with one attached hydrogen (secondary N) is 1. The number of nitrogens with zero attached hydrogens (tertiary/aromatic N) is 1. The number of rotatable bonds is 6. The minimum atomic E-state index is -0.720. The van der Waals surface area contributed by atoms with E-state index < -0.39 is 11.0 Å². The number of nitro groups is 1. The molecule has 120 valence electrons. The van der Waals surface area contributed by atoms with Gasteiger partial charge in [-0.1, -0.05) is 31.2 Å². The molecular weight excluding hydrogens is 296 g/mol. The van der Waals surface area contributed by atoms with E-state index in [1.54, 1.807) is 13.0 Å². The Morgan fingerprint density at radius 3 is 2.70 bits per heavy atom. The summed E-state index contributed by atoms with van der Waals surface area (Å²) in [5.41, 5.74) is 1.30. The first-order valence-corrected chi connectivity index (χ1v) is 7.31.